The lowest BCUT2D eigenvalue weighted by Crippen LogP contribution is -2.39. The number of rotatable bonds is 6. The first-order valence-electron chi connectivity index (χ1n) is 6.37. The van der Waals surface area contributed by atoms with Crippen molar-refractivity contribution >= 4 is 39.3 Å². The van der Waals surface area contributed by atoms with Crippen molar-refractivity contribution in [3.63, 3.8) is 0 Å². The molecule has 1 unspecified atom stereocenters. The van der Waals surface area contributed by atoms with Gasteiger partial charge < -0.3 is 0 Å². The Hall–Kier alpha value is -0.590. The monoisotopic (exact) mass is 388 g/mol. The van der Waals surface area contributed by atoms with E-state index in [1.807, 2.05) is 24.3 Å². The van der Waals surface area contributed by atoms with Gasteiger partial charge in [-0.3, -0.25) is 11.3 Å². The molecule has 0 aromatic heterocycles. The van der Waals surface area contributed by atoms with Crippen LogP contribution in [0.25, 0.3) is 0 Å². The smallest absolute Gasteiger partial charge is 0.127 e. The van der Waals surface area contributed by atoms with Gasteiger partial charge in [0.25, 0.3) is 0 Å². The standard InChI is InChI=1S/C15H15BrClFN2S/c16-10-4-6-12(7-5-10)21-9-11(20-19)8-13-14(17)2-1-3-15(13)18/h1-7,11,20H,8-9,19H2. The van der Waals surface area contributed by atoms with Crippen LogP contribution in [0.3, 0.4) is 0 Å². The van der Waals surface area contributed by atoms with E-state index in [1.54, 1.807) is 23.9 Å². The van der Waals surface area contributed by atoms with Crippen molar-refractivity contribution < 1.29 is 4.39 Å². The van der Waals surface area contributed by atoms with Crippen molar-refractivity contribution in [3.8, 4) is 0 Å². The molecule has 0 radical (unpaired) electrons. The number of hydrazine groups is 1. The van der Waals surface area contributed by atoms with Crippen LogP contribution in [0.2, 0.25) is 5.02 Å². The normalized spacial score (nSPS) is 12.4. The second kappa shape index (κ2) is 8.15. The highest BCUT2D eigenvalue weighted by Gasteiger charge is 2.14. The minimum absolute atomic E-state index is 0.0620. The molecule has 2 nitrogen and oxygen atoms in total. The quantitative estimate of drug-likeness (QED) is 0.437. The van der Waals surface area contributed by atoms with Crippen LogP contribution in [0.15, 0.2) is 51.8 Å². The number of nitrogens with one attached hydrogen (secondary N) is 1. The largest absolute Gasteiger partial charge is 0.271 e. The molecule has 6 heteroatoms. The third-order valence-corrected chi connectivity index (χ3v) is 5.07. The zero-order chi connectivity index (χ0) is 15.2. The highest BCUT2D eigenvalue weighted by molar-refractivity contribution is 9.10. The zero-order valence-corrected chi connectivity index (χ0v) is 14.3. The van der Waals surface area contributed by atoms with Gasteiger partial charge >= 0.3 is 0 Å². The first-order valence-corrected chi connectivity index (χ1v) is 8.53. The van der Waals surface area contributed by atoms with Gasteiger partial charge in [-0.05, 0) is 42.8 Å². The molecule has 112 valence electrons. The Kier molecular flexibility index (Phi) is 6.51. The second-order valence-corrected chi connectivity index (χ2v) is 6.95. The summed E-state index contributed by atoms with van der Waals surface area (Å²) in [5.41, 5.74) is 3.23. The number of hydrogen-bond donors (Lipinski definition) is 2. The maximum atomic E-state index is 13.8. The summed E-state index contributed by atoms with van der Waals surface area (Å²) in [4.78, 5) is 1.14. The predicted molar refractivity (Wildman–Crippen MR) is 91.1 cm³/mol. The van der Waals surface area contributed by atoms with Crippen molar-refractivity contribution in [3.05, 3.63) is 63.3 Å². The fraction of sp³-hybridized carbons (Fsp3) is 0.200. The predicted octanol–water partition coefficient (Wildman–Crippen LogP) is 4.41. The van der Waals surface area contributed by atoms with Gasteiger partial charge in [0, 0.05) is 31.7 Å². The number of nitrogens with two attached hydrogens (primary N) is 1. The van der Waals surface area contributed by atoms with Crippen LogP contribution in [-0.4, -0.2) is 11.8 Å². The van der Waals surface area contributed by atoms with Crippen LogP contribution in [0.5, 0.6) is 0 Å². The van der Waals surface area contributed by atoms with Crippen LogP contribution in [0.4, 0.5) is 4.39 Å². The molecule has 2 rings (SSSR count). The van der Waals surface area contributed by atoms with Crippen LogP contribution >= 0.6 is 39.3 Å². The maximum Gasteiger partial charge on any atom is 0.127 e. The molecule has 0 aliphatic heterocycles. The van der Waals surface area contributed by atoms with Gasteiger partial charge in [-0.2, -0.15) is 0 Å². The number of halogens is 3. The summed E-state index contributed by atoms with van der Waals surface area (Å²) >= 11 is 11.1. The average Bonchev–Trinajstić information content (AvgIpc) is 2.48. The molecule has 0 saturated heterocycles. The third kappa shape index (κ3) is 4.97. The van der Waals surface area contributed by atoms with Gasteiger partial charge in [0.15, 0.2) is 0 Å². The van der Waals surface area contributed by atoms with E-state index in [-0.39, 0.29) is 11.9 Å². The molecule has 0 heterocycles. The molecule has 0 amide bonds. The molecule has 21 heavy (non-hydrogen) atoms. The fourth-order valence-electron chi connectivity index (χ4n) is 1.87. The number of thioether (sulfide) groups is 1. The van der Waals surface area contributed by atoms with Crippen LogP contribution in [0.1, 0.15) is 5.56 Å². The molecule has 1 atom stereocenters. The topological polar surface area (TPSA) is 38.0 Å². The summed E-state index contributed by atoms with van der Waals surface area (Å²) in [6, 6.07) is 12.7. The summed E-state index contributed by atoms with van der Waals surface area (Å²) in [5, 5.41) is 0.434. The molecule has 0 aliphatic rings. The Labute approximate surface area is 141 Å². The van der Waals surface area contributed by atoms with E-state index in [9.17, 15) is 4.39 Å². The zero-order valence-electron chi connectivity index (χ0n) is 11.2. The minimum Gasteiger partial charge on any atom is -0.271 e. The van der Waals surface area contributed by atoms with E-state index in [2.05, 4.69) is 21.4 Å². The van der Waals surface area contributed by atoms with E-state index >= 15 is 0 Å². The van der Waals surface area contributed by atoms with Crippen LogP contribution in [-0.2, 0) is 6.42 Å². The lowest BCUT2D eigenvalue weighted by Gasteiger charge is -2.17. The van der Waals surface area contributed by atoms with Gasteiger partial charge in [-0.25, -0.2) is 4.39 Å². The van der Waals surface area contributed by atoms with Crippen molar-refractivity contribution in [1.29, 1.82) is 0 Å². The first kappa shape index (κ1) is 16.8. The lowest BCUT2D eigenvalue weighted by atomic mass is 10.1. The van der Waals surface area contributed by atoms with E-state index in [1.165, 1.54) is 6.07 Å². The van der Waals surface area contributed by atoms with Gasteiger partial charge in [0.2, 0.25) is 0 Å². The lowest BCUT2D eigenvalue weighted by molar-refractivity contribution is 0.547. The molecular weight excluding hydrogens is 375 g/mol. The van der Waals surface area contributed by atoms with E-state index < -0.39 is 0 Å². The molecule has 0 aliphatic carbocycles. The molecule has 0 spiro atoms. The van der Waals surface area contributed by atoms with Gasteiger partial charge in [0.1, 0.15) is 5.82 Å². The average molecular weight is 390 g/mol. The van der Waals surface area contributed by atoms with Crippen LogP contribution in [0, 0.1) is 5.82 Å². The minimum atomic E-state index is -0.295. The van der Waals surface area contributed by atoms with E-state index in [4.69, 9.17) is 17.4 Å². The van der Waals surface area contributed by atoms with Gasteiger partial charge in [-0.15, -0.1) is 11.8 Å². The Morgan fingerprint density at radius 1 is 1.24 bits per heavy atom. The SMILES string of the molecule is NNC(CSc1ccc(Br)cc1)Cc1c(F)cccc1Cl. The van der Waals surface area contributed by atoms with Crippen molar-refractivity contribution in [1.82, 2.24) is 5.43 Å². The van der Waals surface area contributed by atoms with Crippen molar-refractivity contribution in [2.45, 2.75) is 17.4 Å². The number of hydrogen-bond acceptors (Lipinski definition) is 3. The third-order valence-electron chi connectivity index (χ3n) is 3.01. The molecular formula is C15H15BrClFN2S. The molecule has 3 N–H and O–H groups in total. The van der Waals surface area contributed by atoms with Gasteiger partial charge in [0.05, 0.1) is 0 Å². The Morgan fingerprint density at radius 3 is 2.57 bits per heavy atom. The summed E-state index contributed by atoms with van der Waals surface area (Å²) in [6.07, 6.45) is 0.450. The molecule has 0 bridgehead atoms. The summed E-state index contributed by atoms with van der Waals surface area (Å²) < 4.78 is 14.8. The first-order chi connectivity index (χ1) is 10.1. The summed E-state index contributed by atoms with van der Waals surface area (Å²) in [7, 11) is 0. The molecule has 0 saturated carbocycles. The second-order valence-electron chi connectivity index (χ2n) is 4.53. The van der Waals surface area contributed by atoms with Crippen molar-refractivity contribution in [2.75, 3.05) is 5.75 Å². The maximum absolute atomic E-state index is 13.8. The van der Waals surface area contributed by atoms with E-state index in [0.717, 1.165) is 15.1 Å². The summed E-state index contributed by atoms with van der Waals surface area (Å²) in [6.45, 7) is 0. The highest BCUT2D eigenvalue weighted by atomic mass is 79.9. The fourth-order valence-corrected chi connectivity index (χ4v) is 3.31. The van der Waals surface area contributed by atoms with Crippen molar-refractivity contribution in [2.24, 2.45) is 5.84 Å². The van der Waals surface area contributed by atoms with Crippen LogP contribution < -0.4 is 11.3 Å². The molecule has 0 fully saturated rings. The molecule has 2 aromatic carbocycles. The highest BCUT2D eigenvalue weighted by Crippen LogP contribution is 2.24. The van der Waals surface area contributed by atoms with Gasteiger partial charge in [-0.1, -0.05) is 33.6 Å². The molecule has 2 aromatic rings. The number of benzene rings is 2. The van der Waals surface area contributed by atoms with E-state index in [0.29, 0.717) is 17.0 Å². The Balaban J connectivity index is 1.98. The summed E-state index contributed by atoms with van der Waals surface area (Å²) in [5.74, 6) is 6.00. The Bertz CT molecular complexity index is 574. The Morgan fingerprint density at radius 2 is 1.95 bits per heavy atom.